The Balaban J connectivity index is 1.26. The van der Waals surface area contributed by atoms with Crippen LogP contribution in [0.4, 0.5) is 5.82 Å². The fourth-order valence-corrected chi connectivity index (χ4v) is 3.40. The molecule has 1 N–H and O–H groups in total. The number of imidazole rings is 2. The van der Waals surface area contributed by atoms with Gasteiger partial charge < -0.3 is 9.88 Å². The van der Waals surface area contributed by atoms with Crippen LogP contribution in [0, 0.1) is 0 Å². The van der Waals surface area contributed by atoms with Crippen LogP contribution in [0.25, 0.3) is 16.7 Å². The summed E-state index contributed by atoms with van der Waals surface area (Å²) in [7, 11) is 0. The van der Waals surface area contributed by atoms with E-state index in [4.69, 9.17) is 0 Å². The van der Waals surface area contributed by atoms with Crippen molar-refractivity contribution in [2.45, 2.75) is 6.54 Å². The number of benzene rings is 1. The highest BCUT2D eigenvalue weighted by Crippen LogP contribution is 2.16. The van der Waals surface area contributed by atoms with Gasteiger partial charge in [0.1, 0.15) is 11.6 Å². The molecule has 7 nitrogen and oxygen atoms in total. The Morgan fingerprint density at radius 1 is 1.00 bits per heavy atom. The third kappa shape index (κ3) is 2.72. The average Bonchev–Trinajstić information content (AvgIpc) is 3.27. The lowest BCUT2D eigenvalue weighted by molar-refractivity contribution is 0.244. The fourth-order valence-electron chi connectivity index (χ4n) is 3.40. The highest BCUT2D eigenvalue weighted by atomic mass is 15.4. The number of aromatic nitrogens is 5. The largest absolute Gasteiger partial charge is 0.353 e. The van der Waals surface area contributed by atoms with E-state index in [1.54, 1.807) is 6.20 Å². The van der Waals surface area contributed by atoms with Gasteiger partial charge in [-0.1, -0.05) is 12.1 Å². The number of para-hydroxylation sites is 2. The summed E-state index contributed by atoms with van der Waals surface area (Å²) >= 11 is 0. The number of hydrogen-bond donors (Lipinski definition) is 1. The molecule has 1 aromatic carbocycles. The third-order valence-corrected chi connectivity index (χ3v) is 4.75. The first-order chi connectivity index (χ1) is 12.3. The predicted octanol–water partition coefficient (Wildman–Crippen LogP) is 1.93. The molecule has 0 unspecified atom stereocenters. The Hall–Kier alpha value is -2.93. The first kappa shape index (κ1) is 14.4. The zero-order valence-corrected chi connectivity index (χ0v) is 13.8. The van der Waals surface area contributed by atoms with Gasteiger partial charge in [0.15, 0.2) is 5.65 Å². The van der Waals surface area contributed by atoms with E-state index in [0.717, 1.165) is 61.0 Å². The van der Waals surface area contributed by atoms with Gasteiger partial charge in [-0.25, -0.2) is 14.5 Å². The van der Waals surface area contributed by atoms with Crippen LogP contribution in [0.1, 0.15) is 5.82 Å². The van der Waals surface area contributed by atoms with Gasteiger partial charge in [-0.2, -0.15) is 0 Å². The maximum Gasteiger partial charge on any atom is 0.153 e. The summed E-state index contributed by atoms with van der Waals surface area (Å²) in [5.74, 6) is 2.04. The number of nitrogens with zero attached hydrogens (tertiary/aromatic N) is 6. The Labute approximate surface area is 144 Å². The lowest BCUT2D eigenvalue weighted by atomic mass is 10.3. The van der Waals surface area contributed by atoms with Gasteiger partial charge >= 0.3 is 0 Å². The highest BCUT2D eigenvalue weighted by Gasteiger charge is 2.19. The van der Waals surface area contributed by atoms with Crippen LogP contribution in [0.3, 0.4) is 0 Å². The molecule has 25 heavy (non-hydrogen) atoms. The van der Waals surface area contributed by atoms with Gasteiger partial charge in [0.25, 0.3) is 0 Å². The SMILES string of the molecule is c1ccc2[nH]c(CN3CCN(c4ccc5nccn5n4)CC3)nc2c1. The normalized spacial score (nSPS) is 16.1. The summed E-state index contributed by atoms with van der Waals surface area (Å²) in [6.45, 7) is 4.79. The third-order valence-electron chi connectivity index (χ3n) is 4.75. The molecular weight excluding hydrogens is 314 g/mol. The summed E-state index contributed by atoms with van der Waals surface area (Å²) in [4.78, 5) is 17.1. The molecule has 0 spiro atoms. The molecule has 0 bridgehead atoms. The van der Waals surface area contributed by atoms with Gasteiger partial charge in [0, 0.05) is 38.6 Å². The fraction of sp³-hybridized carbons (Fsp3) is 0.278. The second-order valence-corrected chi connectivity index (χ2v) is 6.39. The summed E-state index contributed by atoms with van der Waals surface area (Å²) in [5.41, 5.74) is 3.02. The maximum absolute atomic E-state index is 4.68. The maximum atomic E-state index is 4.68. The Morgan fingerprint density at radius 3 is 2.76 bits per heavy atom. The first-order valence-electron chi connectivity index (χ1n) is 8.56. The van der Waals surface area contributed by atoms with Crippen molar-refractivity contribution >= 4 is 22.5 Å². The lowest BCUT2D eigenvalue weighted by Gasteiger charge is -2.34. The smallest absolute Gasteiger partial charge is 0.153 e. The number of piperazine rings is 1. The van der Waals surface area contributed by atoms with Crippen molar-refractivity contribution in [1.82, 2.24) is 29.5 Å². The van der Waals surface area contributed by atoms with E-state index < -0.39 is 0 Å². The van der Waals surface area contributed by atoms with Crippen LogP contribution in [0.5, 0.6) is 0 Å². The number of anilines is 1. The lowest BCUT2D eigenvalue weighted by Crippen LogP contribution is -2.46. The second kappa shape index (κ2) is 5.86. The molecule has 4 aromatic rings. The Bertz CT molecular complexity index is 977. The molecule has 1 fully saturated rings. The number of fused-ring (bicyclic) bond motifs is 2. The van der Waals surface area contributed by atoms with Crippen molar-refractivity contribution in [3.8, 4) is 0 Å². The number of nitrogens with one attached hydrogen (secondary N) is 1. The minimum absolute atomic E-state index is 0.858. The summed E-state index contributed by atoms with van der Waals surface area (Å²) in [6, 6.07) is 12.2. The van der Waals surface area contributed by atoms with Crippen molar-refractivity contribution in [2.75, 3.05) is 31.1 Å². The zero-order valence-electron chi connectivity index (χ0n) is 13.8. The van der Waals surface area contributed by atoms with Crippen LogP contribution < -0.4 is 4.90 Å². The number of hydrogen-bond acceptors (Lipinski definition) is 5. The van der Waals surface area contributed by atoms with E-state index in [0.29, 0.717) is 0 Å². The Kier molecular flexibility index (Phi) is 3.38. The predicted molar refractivity (Wildman–Crippen MR) is 96.6 cm³/mol. The van der Waals surface area contributed by atoms with Crippen molar-refractivity contribution in [1.29, 1.82) is 0 Å². The van der Waals surface area contributed by atoms with Crippen LogP contribution in [0.15, 0.2) is 48.8 Å². The molecule has 0 aliphatic carbocycles. The van der Waals surface area contributed by atoms with E-state index in [-0.39, 0.29) is 0 Å². The van der Waals surface area contributed by atoms with Crippen molar-refractivity contribution < 1.29 is 0 Å². The molecule has 1 aliphatic rings. The minimum Gasteiger partial charge on any atom is -0.353 e. The minimum atomic E-state index is 0.858. The molecule has 1 aliphatic heterocycles. The summed E-state index contributed by atoms with van der Waals surface area (Å²) < 4.78 is 1.83. The molecule has 126 valence electrons. The van der Waals surface area contributed by atoms with Gasteiger partial charge in [-0.05, 0) is 24.3 Å². The molecule has 5 rings (SSSR count). The summed E-state index contributed by atoms with van der Waals surface area (Å²) in [6.07, 6.45) is 3.66. The van der Waals surface area contributed by atoms with Crippen molar-refractivity contribution in [3.63, 3.8) is 0 Å². The van der Waals surface area contributed by atoms with Crippen LogP contribution >= 0.6 is 0 Å². The zero-order chi connectivity index (χ0) is 16.6. The number of H-pyrrole nitrogens is 1. The second-order valence-electron chi connectivity index (χ2n) is 6.39. The van der Waals surface area contributed by atoms with E-state index in [2.05, 4.69) is 42.0 Å². The van der Waals surface area contributed by atoms with Crippen LogP contribution in [-0.4, -0.2) is 55.6 Å². The quantitative estimate of drug-likeness (QED) is 0.621. The molecular formula is C18H19N7. The Morgan fingerprint density at radius 2 is 1.88 bits per heavy atom. The van der Waals surface area contributed by atoms with E-state index in [9.17, 15) is 0 Å². The van der Waals surface area contributed by atoms with Gasteiger partial charge in [0.2, 0.25) is 0 Å². The highest BCUT2D eigenvalue weighted by molar-refractivity contribution is 5.74. The van der Waals surface area contributed by atoms with E-state index in [1.807, 2.05) is 35.0 Å². The standard InChI is InChI=1S/C18H19N7/c1-2-4-15-14(3-1)20-16(21-15)13-23-9-11-24(12-10-23)18-6-5-17-19-7-8-25(17)22-18/h1-8H,9-13H2,(H,20,21). The van der Waals surface area contributed by atoms with Crippen LogP contribution in [-0.2, 0) is 6.54 Å². The van der Waals surface area contributed by atoms with Crippen LogP contribution in [0.2, 0.25) is 0 Å². The number of rotatable bonds is 3. The monoisotopic (exact) mass is 333 g/mol. The summed E-state index contributed by atoms with van der Waals surface area (Å²) in [5, 5.41) is 4.64. The molecule has 0 amide bonds. The van der Waals surface area contributed by atoms with Crippen molar-refractivity contribution in [3.05, 3.63) is 54.6 Å². The van der Waals surface area contributed by atoms with Gasteiger partial charge in [-0.3, -0.25) is 4.90 Å². The molecule has 0 radical (unpaired) electrons. The number of aromatic amines is 1. The van der Waals surface area contributed by atoms with Gasteiger partial charge in [0.05, 0.1) is 17.6 Å². The average molecular weight is 333 g/mol. The molecule has 7 heteroatoms. The van der Waals surface area contributed by atoms with E-state index in [1.165, 1.54) is 0 Å². The first-order valence-corrected chi connectivity index (χ1v) is 8.56. The molecule has 1 saturated heterocycles. The topological polar surface area (TPSA) is 65.4 Å². The molecule has 3 aromatic heterocycles. The van der Waals surface area contributed by atoms with Gasteiger partial charge in [-0.15, -0.1) is 5.10 Å². The molecule has 0 atom stereocenters. The molecule has 0 saturated carbocycles. The van der Waals surface area contributed by atoms with Crippen molar-refractivity contribution in [2.24, 2.45) is 0 Å². The van der Waals surface area contributed by atoms with E-state index >= 15 is 0 Å². The molecule has 4 heterocycles.